The van der Waals surface area contributed by atoms with E-state index in [4.69, 9.17) is 11.6 Å². The van der Waals surface area contributed by atoms with Crippen LogP contribution in [0.2, 0.25) is 5.02 Å². The molecule has 0 spiro atoms. The Hall–Kier alpha value is -3.50. The van der Waals surface area contributed by atoms with E-state index in [0.29, 0.717) is 28.4 Å². The minimum absolute atomic E-state index is 0.00322. The zero-order valence-corrected chi connectivity index (χ0v) is 19.4. The van der Waals surface area contributed by atoms with E-state index in [-0.39, 0.29) is 16.2 Å². The van der Waals surface area contributed by atoms with Crippen molar-refractivity contribution in [2.45, 2.75) is 24.9 Å². The number of anilines is 1. The third-order valence-corrected chi connectivity index (χ3v) is 6.17. The molecule has 0 saturated heterocycles. The molecule has 34 heavy (non-hydrogen) atoms. The van der Waals surface area contributed by atoms with Crippen molar-refractivity contribution in [3.05, 3.63) is 88.9 Å². The van der Waals surface area contributed by atoms with Gasteiger partial charge in [-0.15, -0.1) is 0 Å². The molecule has 1 amide bonds. The number of carbonyl (C=O) groups is 1. The van der Waals surface area contributed by atoms with Gasteiger partial charge in [-0.25, -0.2) is 13.8 Å². The van der Waals surface area contributed by atoms with Gasteiger partial charge in [0.2, 0.25) is 0 Å². The van der Waals surface area contributed by atoms with Crippen molar-refractivity contribution < 1.29 is 26.7 Å². The fourth-order valence-corrected chi connectivity index (χ4v) is 4.13. The quantitative estimate of drug-likeness (QED) is 0.304. The zero-order chi connectivity index (χ0) is 24.7. The summed E-state index contributed by atoms with van der Waals surface area (Å²) in [5, 5.41) is 4.56. The number of amides is 1. The highest BCUT2D eigenvalue weighted by Gasteiger charge is 2.17. The van der Waals surface area contributed by atoms with Gasteiger partial charge >= 0.3 is 6.61 Å². The van der Waals surface area contributed by atoms with Crippen LogP contribution in [-0.2, 0) is 10.0 Å². The number of nitrogens with one attached hydrogen (secondary N) is 2. The summed E-state index contributed by atoms with van der Waals surface area (Å²) < 4.78 is 56.7. The minimum atomic E-state index is -3.95. The molecule has 0 aliphatic rings. The van der Waals surface area contributed by atoms with Crippen LogP contribution in [0.5, 0.6) is 5.75 Å². The van der Waals surface area contributed by atoms with E-state index < -0.39 is 22.5 Å². The SMILES string of the molecule is CCC(=NNC(=O)c1cccc(S(=O)(=O)Nc2ccc(Cl)cc2)c1)c1ccc(OC(F)F)cc1. The molecule has 0 fully saturated rings. The molecule has 0 unspecified atom stereocenters. The molecular formula is C23H20ClF2N3O4S. The molecule has 0 aromatic heterocycles. The van der Waals surface area contributed by atoms with Crippen LogP contribution < -0.4 is 14.9 Å². The summed E-state index contributed by atoms with van der Waals surface area (Å²) in [6.45, 7) is -1.12. The number of carbonyl (C=O) groups excluding carboxylic acids is 1. The molecule has 0 radical (unpaired) electrons. The van der Waals surface area contributed by atoms with E-state index in [9.17, 15) is 22.0 Å². The van der Waals surface area contributed by atoms with Gasteiger partial charge in [-0.2, -0.15) is 13.9 Å². The van der Waals surface area contributed by atoms with Gasteiger partial charge in [0.1, 0.15) is 5.75 Å². The highest BCUT2D eigenvalue weighted by Crippen LogP contribution is 2.20. The van der Waals surface area contributed by atoms with Crippen molar-refractivity contribution in [2.75, 3.05) is 4.72 Å². The summed E-state index contributed by atoms with van der Waals surface area (Å²) in [5.74, 6) is -0.615. The Kier molecular flexibility index (Phi) is 8.19. The fourth-order valence-electron chi connectivity index (χ4n) is 2.90. The Morgan fingerprint density at radius 1 is 1.03 bits per heavy atom. The molecule has 0 heterocycles. The van der Waals surface area contributed by atoms with Gasteiger partial charge in [0.15, 0.2) is 0 Å². The van der Waals surface area contributed by atoms with Crippen molar-refractivity contribution in [1.29, 1.82) is 0 Å². The van der Waals surface area contributed by atoms with Crippen molar-refractivity contribution in [3.63, 3.8) is 0 Å². The topological polar surface area (TPSA) is 96.9 Å². The number of rotatable bonds is 9. The highest BCUT2D eigenvalue weighted by molar-refractivity contribution is 7.92. The average molecular weight is 508 g/mol. The monoisotopic (exact) mass is 507 g/mol. The molecule has 178 valence electrons. The first-order valence-corrected chi connectivity index (χ1v) is 11.8. The number of ether oxygens (including phenoxy) is 1. The van der Waals surface area contributed by atoms with Crippen LogP contribution in [0.1, 0.15) is 29.3 Å². The molecule has 3 rings (SSSR count). The Morgan fingerprint density at radius 3 is 2.32 bits per heavy atom. The smallest absolute Gasteiger partial charge is 0.387 e. The van der Waals surface area contributed by atoms with E-state index in [1.807, 2.05) is 6.92 Å². The zero-order valence-electron chi connectivity index (χ0n) is 17.8. The van der Waals surface area contributed by atoms with Crippen LogP contribution in [-0.4, -0.2) is 26.6 Å². The van der Waals surface area contributed by atoms with Crippen LogP contribution in [0.15, 0.2) is 82.8 Å². The molecular weight excluding hydrogens is 488 g/mol. The van der Waals surface area contributed by atoms with E-state index in [1.165, 1.54) is 48.5 Å². The Bertz CT molecular complexity index is 1280. The van der Waals surface area contributed by atoms with Crippen LogP contribution >= 0.6 is 11.6 Å². The summed E-state index contributed by atoms with van der Waals surface area (Å²) in [6, 6.07) is 17.4. The van der Waals surface area contributed by atoms with Gasteiger partial charge in [0.25, 0.3) is 15.9 Å². The van der Waals surface area contributed by atoms with Crippen molar-refractivity contribution in [3.8, 4) is 5.75 Å². The van der Waals surface area contributed by atoms with E-state index in [0.717, 1.165) is 0 Å². The number of nitrogens with zero attached hydrogens (tertiary/aromatic N) is 1. The number of benzene rings is 3. The molecule has 11 heteroatoms. The first kappa shape index (κ1) is 25.1. The van der Waals surface area contributed by atoms with Gasteiger partial charge in [-0.05, 0) is 78.7 Å². The molecule has 7 nitrogen and oxygen atoms in total. The Balaban J connectivity index is 1.73. The van der Waals surface area contributed by atoms with Crippen LogP contribution in [0.3, 0.4) is 0 Å². The molecule has 2 N–H and O–H groups in total. The lowest BCUT2D eigenvalue weighted by Gasteiger charge is -2.10. The highest BCUT2D eigenvalue weighted by atomic mass is 35.5. The second-order valence-corrected chi connectivity index (χ2v) is 9.01. The lowest BCUT2D eigenvalue weighted by Crippen LogP contribution is -2.21. The summed E-state index contributed by atoms with van der Waals surface area (Å²) >= 11 is 5.82. The minimum Gasteiger partial charge on any atom is -0.435 e. The molecule has 3 aromatic rings. The predicted octanol–water partition coefficient (Wildman–Crippen LogP) is 5.29. The van der Waals surface area contributed by atoms with E-state index >= 15 is 0 Å². The lowest BCUT2D eigenvalue weighted by molar-refractivity contribution is -0.0498. The predicted molar refractivity (Wildman–Crippen MR) is 126 cm³/mol. The number of hydrazone groups is 1. The molecule has 0 aliphatic heterocycles. The van der Waals surface area contributed by atoms with Gasteiger partial charge in [-0.1, -0.05) is 24.6 Å². The number of sulfonamides is 1. The standard InChI is InChI=1S/C23H20ClF2N3O4S/c1-2-21(15-6-12-19(13-7-15)33-23(25)26)27-28-22(30)16-4-3-5-20(14-16)34(31,32)29-18-10-8-17(24)9-11-18/h3-14,23,29H,2H2,1H3,(H,28,30). The average Bonchev–Trinajstić information content (AvgIpc) is 2.81. The normalized spacial score (nSPS) is 11.9. The first-order valence-electron chi connectivity index (χ1n) is 9.98. The number of alkyl halides is 2. The number of hydrogen-bond acceptors (Lipinski definition) is 5. The fraction of sp³-hybridized carbons (Fsp3) is 0.130. The van der Waals surface area contributed by atoms with Gasteiger partial charge in [-0.3, -0.25) is 9.52 Å². The maximum Gasteiger partial charge on any atom is 0.387 e. The van der Waals surface area contributed by atoms with E-state index in [1.54, 1.807) is 24.3 Å². The summed E-state index contributed by atoms with van der Waals surface area (Å²) in [7, 11) is -3.95. The second kappa shape index (κ2) is 11.1. The van der Waals surface area contributed by atoms with Crippen molar-refractivity contribution in [2.24, 2.45) is 5.10 Å². The largest absolute Gasteiger partial charge is 0.435 e. The van der Waals surface area contributed by atoms with Gasteiger partial charge in [0.05, 0.1) is 10.6 Å². The van der Waals surface area contributed by atoms with Crippen molar-refractivity contribution in [1.82, 2.24) is 5.43 Å². The van der Waals surface area contributed by atoms with Crippen LogP contribution in [0, 0.1) is 0 Å². The maximum atomic E-state index is 12.7. The van der Waals surface area contributed by atoms with Gasteiger partial charge in [0, 0.05) is 16.3 Å². The van der Waals surface area contributed by atoms with Crippen molar-refractivity contribution >= 4 is 38.9 Å². The summed E-state index contributed by atoms with van der Waals surface area (Å²) in [4.78, 5) is 12.5. The second-order valence-electron chi connectivity index (χ2n) is 6.90. The lowest BCUT2D eigenvalue weighted by atomic mass is 10.1. The van der Waals surface area contributed by atoms with E-state index in [2.05, 4.69) is 20.0 Å². The molecule has 0 bridgehead atoms. The molecule has 0 atom stereocenters. The Morgan fingerprint density at radius 2 is 1.71 bits per heavy atom. The van der Waals surface area contributed by atoms with Gasteiger partial charge < -0.3 is 4.74 Å². The molecule has 0 saturated carbocycles. The van der Waals surface area contributed by atoms with Crippen LogP contribution in [0.4, 0.5) is 14.5 Å². The van der Waals surface area contributed by atoms with Crippen LogP contribution in [0.25, 0.3) is 0 Å². The third-order valence-electron chi connectivity index (χ3n) is 4.54. The third kappa shape index (κ3) is 6.75. The number of halogens is 3. The summed E-state index contributed by atoms with van der Waals surface area (Å²) in [6.07, 6.45) is 0.439. The maximum absolute atomic E-state index is 12.7. The number of hydrogen-bond donors (Lipinski definition) is 2. The Labute approximate surface area is 200 Å². The first-order chi connectivity index (χ1) is 16.2. The molecule has 3 aromatic carbocycles. The molecule has 0 aliphatic carbocycles. The summed E-state index contributed by atoms with van der Waals surface area (Å²) in [5.41, 5.74) is 3.90.